The fourth-order valence-corrected chi connectivity index (χ4v) is 3.08. The Bertz CT molecular complexity index is 505. The van der Waals surface area contributed by atoms with E-state index in [1.54, 1.807) is 4.90 Å². The fourth-order valence-electron chi connectivity index (χ4n) is 3.08. The molecule has 1 saturated heterocycles. The smallest absolute Gasteiger partial charge is 0.410 e. The van der Waals surface area contributed by atoms with Crippen LogP contribution >= 0.6 is 0 Å². The number of aliphatic hydroxyl groups is 1. The number of carbonyl (C=O) groups excluding carboxylic acids is 1. The number of rotatable bonds is 3. The summed E-state index contributed by atoms with van der Waals surface area (Å²) in [5.41, 5.74) is -0.409. The van der Waals surface area contributed by atoms with Gasteiger partial charge in [-0.2, -0.15) is 0 Å². The maximum atomic E-state index is 12.4. The SMILES string of the molecule is CC(C)(C)OC(=O)N1CCCC1[C@](C)(O)Cc1ccccc1. The zero-order valence-electron chi connectivity index (χ0n) is 14.0. The third kappa shape index (κ3) is 4.23. The van der Waals surface area contributed by atoms with Crippen LogP contribution < -0.4 is 0 Å². The number of carbonyl (C=O) groups is 1. The monoisotopic (exact) mass is 305 g/mol. The molecule has 1 heterocycles. The molecule has 4 nitrogen and oxygen atoms in total. The summed E-state index contributed by atoms with van der Waals surface area (Å²) in [5, 5.41) is 10.9. The van der Waals surface area contributed by atoms with Crippen molar-refractivity contribution in [3.8, 4) is 0 Å². The molecular formula is C18H27NO3. The van der Waals surface area contributed by atoms with Crippen molar-refractivity contribution in [2.24, 2.45) is 0 Å². The summed E-state index contributed by atoms with van der Waals surface area (Å²) in [4.78, 5) is 14.1. The topological polar surface area (TPSA) is 49.8 Å². The Hall–Kier alpha value is -1.55. The molecule has 122 valence electrons. The summed E-state index contributed by atoms with van der Waals surface area (Å²) in [5.74, 6) is 0. The highest BCUT2D eigenvalue weighted by molar-refractivity contribution is 5.69. The van der Waals surface area contributed by atoms with E-state index in [0.717, 1.165) is 18.4 Å². The molecule has 0 bridgehead atoms. The lowest BCUT2D eigenvalue weighted by molar-refractivity contribution is -0.0333. The van der Waals surface area contributed by atoms with E-state index in [0.29, 0.717) is 13.0 Å². The van der Waals surface area contributed by atoms with E-state index >= 15 is 0 Å². The third-order valence-electron chi connectivity index (χ3n) is 4.00. The number of benzene rings is 1. The van der Waals surface area contributed by atoms with Crippen molar-refractivity contribution in [2.45, 2.75) is 64.2 Å². The van der Waals surface area contributed by atoms with Crippen LogP contribution in [0.3, 0.4) is 0 Å². The van der Waals surface area contributed by atoms with Crippen LogP contribution in [0.5, 0.6) is 0 Å². The van der Waals surface area contributed by atoms with Gasteiger partial charge in [0.15, 0.2) is 0 Å². The molecule has 0 spiro atoms. The van der Waals surface area contributed by atoms with Crippen molar-refractivity contribution in [3.63, 3.8) is 0 Å². The van der Waals surface area contributed by atoms with Crippen molar-refractivity contribution in [3.05, 3.63) is 35.9 Å². The Balaban J connectivity index is 2.10. The van der Waals surface area contributed by atoms with Gasteiger partial charge in [0.25, 0.3) is 0 Å². The lowest BCUT2D eigenvalue weighted by atomic mass is 9.87. The highest BCUT2D eigenvalue weighted by Gasteiger charge is 2.42. The van der Waals surface area contributed by atoms with Crippen LogP contribution in [0, 0.1) is 0 Å². The summed E-state index contributed by atoms with van der Waals surface area (Å²) < 4.78 is 5.47. The number of hydrogen-bond donors (Lipinski definition) is 1. The van der Waals surface area contributed by atoms with Gasteiger partial charge in [0.1, 0.15) is 5.60 Å². The van der Waals surface area contributed by atoms with Gasteiger partial charge in [-0.3, -0.25) is 0 Å². The van der Waals surface area contributed by atoms with Crippen molar-refractivity contribution in [2.75, 3.05) is 6.54 Å². The Morgan fingerprint density at radius 2 is 1.91 bits per heavy atom. The number of amides is 1. The first-order chi connectivity index (χ1) is 10.2. The quantitative estimate of drug-likeness (QED) is 0.931. The molecule has 1 N–H and O–H groups in total. The molecule has 2 rings (SSSR count). The van der Waals surface area contributed by atoms with Gasteiger partial charge in [-0.15, -0.1) is 0 Å². The van der Waals surface area contributed by atoms with Crippen molar-refractivity contribution in [1.82, 2.24) is 4.90 Å². The standard InChI is InChI=1S/C18H27NO3/c1-17(2,3)22-16(20)19-12-8-11-15(19)18(4,21)13-14-9-6-5-7-10-14/h5-7,9-10,15,21H,8,11-13H2,1-4H3/t15?,18-/m1/s1. The summed E-state index contributed by atoms with van der Waals surface area (Å²) in [7, 11) is 0. The summed E-state index contributed by atoms with van der Waals surface area (Å²) in [6.07, 6.45) is 1.90. The molecule has 4 heteroatoms. The van der Waals surface area contributed by atoms with E-state index in [-0.39, 0.29) is 12.1 Å². The van der Waals surface area contributed by atoms with Gasteiger partial charge >= 0.3 is 6.09 Å². The second-order valence-electron chi connectivity index (χ2n) is 7.35. The third-order valence-corrected chi connectivity index (χ3v) is 4.00. The molecule has 1 fully saturated rings. The molecule has 1 amide bonds. The largest absolute Gasteiger partial charge is 0.444 e. The Labute approximate surface area is 133 Å². The maximum Gasteiger partial charge on any atom is 0.410 e. The minimum atomic E-state index is -0.964. The van der Waals surface area contributed by atoms with E-state index < -0.39 is 11.2 Å². The molecule has 1 aliphatic heterocycles. The Kier molecular flexibility index (Phi) is 4.81. The van der Waals surface area contributed by atoms with E-state index in [2.05, 4.69) is 0 Å². The van der Waals surface area contributed by atoms with Crippen molar-refractivity contribution < 1.29 is 14.6 Å². The number of hydrogen-bond acceptors (Lipinski definition) is 3. The van der Waals surface area contributed by atoms with Crippen molar-refractivity contribution in [1.29, 1.82) is 0 Å². The molecule has 1 aromatic rings. The number of likely N-dealkylation sites (tertiary alicyclic amines) is 1. The molecule has 0 aromatic heterocycles. The van der Waals surface area contributed by atoms with Crippen LogP contribution in [0.15, 0.2) is 30.3 Å². The van der Waals surface area contributed by atoms with Crippen LogP contribution in [0.25, 0.3) is 0 Å². The van der Waals surface area contributed by atoms with E-state index in [1.165, 1.54) is 0 Å². The lowest BCUT2D eigenvalue weighted by Gasteiger charge is -2.37. The highest BCUT2D eigenvalue weighted by Crippen LogP contribution is 2.31. The van der Waals surface area contributed by atoms with Crippen LogP contribution in [-0.2, 0) is 11.2 Å². The van der Waals surface area contributed by atoms with Gasteiger partial charge < -0.3 is 14.7 Å². The summed E-state index contributed by atoms with van der Waals surface area (Å²) in [6, 6.07) is 9.68. The minimum Gasteiger partial charge on any atom is -0.444 e. The highest BCUT2D eigenvalue weighted by atomic mass is 16.6. The van der Waals surface area contributed by atoms with E-state index in [9.17, 15) is 9.90 Å². The normalized spacial score (nSPS) is 21.5. The lowest BCUT2D eigenvalue weighted by Crippen LogP contribution is -2.52. The number of nitrogens with zero attached hydrogens (tertiary/aromatic N) is 1. The van der Waals surface area contributed by atoms with Crippen LogP contribution in [0.4, 0.5) is 4.79 Å². The van der Waals surface area contributed by atoms with E-state index in [1.807, 2.05) is 58.0 Å². The van der Waals surface area contributed by atoms with E-state index in [4.69, 9.17) is 4.74 Å². The zero-order valence-corrected chi connectivity index (χ0v) is 14.0. The maximum absolute atomic E-state index is 12.4. The van der Waals surface area contributed by atoms with Gasteiger partial charge in [-0.25, -0.2) is 4.79 Å². The first-order valence-electron chi connectivity index (χ1n) is 7.95. The molecule has 2 atom stereocenters. The molecular weight excluding hydrogens is 278 g/mol. The summed E-state index contributed by atoms with van der Waals surface area (Å²) >= 11 is 0. The second kappa shape index (κ2) is 6.29. The van der Waals surface area contributed by atoms with Crippen LogP contribution in [-0.4, -0.2) is 39.9 Å². The van der Waals surface area contributed by atoms with Gasteiger partial charge in [-0.1, -0.05) is 30.3 Å². The summed E-state index contributed by atoms with van der Waals surface area (Å²) in [6.45, 7) is 8.03. The molecule has 0 radical (unpaired) electrons. The second-order valence-corrected chi connectivity index (χ2v) is 7.35. The number of ether oxygens (including phenoxy) is 1. The predicted octanol–water partition coefficient (Wildman–Crippen LogP) is 3.38. The average Bonchev–Trinajstić information content (AvgIpc) is 2.87. The first-order valence-corrected chi connectivity index (χ1v) is 7.95. The first kappa shape index (κ1) is 16.8. The molecule has 1 aliphatic rings. The Morgan fingerprint density at radius 3 is 2.50 bits per heavy atom. The van der Waals surface area contributed by atoms with Crippen LogP contribution in [0.1, 0.15) is 46.1 Å². The Morgan fingerprint density at radius 1 is 1.27 bits per heavy atom. The molecule has 0 saturated carbocycles. The minimum absolute atomic E-state index is 0.206. The molecule has 1 unspecified atom stereocenters. The zero-order chi connectivity index (χ0) is 16.4. The molecule has 1 aromatic carbocycles. The van der Waals surface area contributed by atoms with Gasteiger partial charge in [0.2, 0.25) is 0 Å². The average molecular weight is 305 g/mol. The molecule has 22 heavy (non-hydrogen) atoms. The van der Waals surface area contributed by atoms with Crippen molar-refractivity contribution >= 4 is 6.09 Å². The predicted molar refractivity (Wildman–Crippen MR) is 86.7 cm³/mol. The van der Waals surface area contributed by atoms with Crippen LogP contribution in [0.2, 0.25) is 0 Å². The molecule has 0 aliphatic carbocycles. The fraction of sp³-hybridized carbons (Fsp3) is 0.611. The van der Waals surface area contributed by atoms with Gasteiger partial charge in [-0.05, 0) is 46.1 Å². The van der Waals surface area contributed by atoms with Gasteiger partial charge in [0.05, 0.1) is 11.6 Å². The van der Waals surface area contributed by atoms with Gasteiger partial charge in [0, 0.05) is 13.0 Å².